The molecule has 1 N–H and O–H groups in total. The Morgan fingerprint density at radius 2 is 2.53 bits per heavy atom. The lowest BCUT2D eigenvalue weighted by Crippen LogP contribution is -2.34. The Hall–Kier alpha value is -1.96. The first-order chi connectivity index (χ1) is 9.06. The molecule has 1 aliphatic heterocycles. The molecule has 1 aromatic heterocycles. The second-order valence-electron chi connectivity index (χ2n) is 4.50. The number of amides is 1. The number of nitro groups is 1. The molecule has 19 heavy (non-hydrogen) atoms. The summed E-state index contributed by atoms with van der Waals surface area (Å²) in [4.78, 5) is 21.7. The zero-order valence-corrected chi connectivity index (χ0v) is 10.7. The number of nitrogens with zero attached hydrogens (tertiary/aromatic N) is 3. The maximum absolute atomic E-state index is 11.7. The smallest absolute Gasteiger partial charge is 0.376 e. The molecule has 0 aromatic carbocycles. The third-order valence-corrected chi connectivity index (χ3v) is 3.00. The van der Waals surface area contributed by atoms with Gasteiger partial charge < -0.3 is 20.2 Å². The molecule has 0 saturated carbocycles. The van der Waals surface area contributed by atoms with Gasteiger partial charge in [0.05, 0.1) is 23.0 Å². The predicted molar refractivity (Wildman–Crippen MR) is 65.6 cm³/mol. The van der Waals surface area contributed by atoms with E-state index in [9.17, 15) is 14.9 Å². The Balaban J connectivity index is 1.85. The molecule has 1 aromatic rings. The fourth-order valence-electron chi connectivity index (χ4n) is 1.97. The van der Waals surface area contributed by atoms with Crippen LogP contribution in [0.2, 0.25) is 0 Å². The van der Waals surface area contributed by atoms with Crippen molar-refractivity contribution >= 4 is 11.7 Å². The van der Waals surface area contributed by atoms with Crippen molar-refractivity contribution in [3.05, 3.63) is 21.9 Å². The van der Waals surface area contributed by atoms with Crippen molar-refractivity contribution in [3.8, 4) is 0 Å². The molecular formula is C11H16N4O4. The SMILES string of the molecule is Cc1cc([N+](=O)[O-])nn1CC(=O)NC[C@H]1CCCO1. The zero-order valence-electron chi connectivity index (χ0n) is 10.7. The summed E-state index contributed by atoms with van der Waals surface area (Å²) in [5.41, 5.74) is 0.582. The summed E-state index contributed by atoms with van der Waals surface area (Å²) in [7, 11) is 0. The topological polar surface area (TPSA) is 99.3 Å². The fourth-order valence-corrected chi connectivity index (χ4v) is 1.97. The highest BCUT2D eigenvalue weighted by molar-refractivity contribution is 5.75. The highest BCUT2D eigenvalue weighted by Gasteiger charge is 2.19. The van der Waals surface area contributed by atoms with Gasteiger partial charge in [0.2, 0.25) is 5.91 Å². The van der Waals surface area contributed by atoms with E-state index in [4.69, 9.17) is 4.74 Å². The molecule has 2 rings (SSSR count). The molecule has 0 unspecified atom stereocenters. The monoisotopic (exact) mass is 268 g/mol. The average Bonchev–Trinajstić information content (AvgIpc) is 2.97. The van der Waals surface area contributed by atoms with Crippen molar-refractivity contribution in [2.45, 2.75) is 32.4 Å². The molecule has 2 heterocycles. The quantitative estimate of drug-likeness (QED) is 0.615. The molecule has 104 valence electrons. The van der Waals surface area contributed by atoms with Crippen LogP contribution in [0.5, 0.6) is 0 Å². The normalized spacial score (nSPS) is 18.5. The van der Waals surface area contributed by atoms with E-state index in [1.807, 2.05) is 0 Å². The van der Waals surface area contributed by atoms with Crippen LogP contribution in [-0.2, 0) is 16.1 Å². The molecule has 1 atom stereocenters. The largest absolute Gasteiger partial charge is 0.390 e. The van der Waals surface area contributed by atoms with E-state index in [1.54, 1.807) is 6.92 Å². The van der Waals surface area contributed by atoms with Crippen molar-refractivity contribution in [1.29, 1.82) is 0 Å². The van der Waals surface area contributed by atoms with Crippen molar-refractivity contribution in [2.24, 2.45) is 0 Å². The molecule has 0 bridgehead atoms. The number of carbonyl (C=O) groups excluding carboxylic acids is 1. The van der Waals surface area contributed by atoms with Crippen LogP contribution in [0.25, 0.3) is 0 Å². The first-order valence-electron chi connectivity index (χ1n) is 6.13. The second kappa shape index (κ2) is 5.79. The molecule has 0 radical (unpaired) electrons. The lowest BCUT2D eigenvalue weighted by atomic mass is 10.2. The number of nitrogens with one attached hydrogen (secondary N) is 1. The molecule has 1 saturated heterocycles. The van der Waals surface area contributed by atoms with Crippen LogP contribution < -0.4 is 5.32 Å². The number of hydrogen-bond acceptors (Lipinski definition) is 5. The van der Waals surface area contributed by atoms with E-state index >= 15 is 0 Å². The van der Waals surface area contributed by atoms with Gasteiger partial charge in [-0.05, 0) is 24.7 Å². The Kier molecular flexibility index (Phi) is 4.10. The van der Waals surface area contributed by atoms with Gasteiger partial charge in [-0.1, -0.05) is 0 Å². The molecular weight excluding hydrogens is 252 g/mol. The van der Waals surface area contributed by atoms with Crippen LogP contribution in [-0.4, -0.2) is 39.9 Å². The molecule has 8 nitrogen and oxygen atoms in total. The number of carbonyl (C=O) groups is 1. The lowest BCUT2D eigenvalue weighted by Gasteiger charge is -2.10. The molecule has 1 aliphatic rings. The number of rotatable bonds is 5. The highest BCUT2D eigenvalue weighted by Crippen LogP contribution is 2.11. The van der Waals surface area contributed by atoms with E-state index < -0.39 is 4.92 Å². The van der Waals surface area contributed by atoms with Gasteiger partial charge in [-0.2, -0.15) is 4.68 Å². The Labute approximate surface area is 109 Å². The number of ether oxygens (including phenoxy) is 1. The van der Waals surface area contributed by atoms with Crippen LogP contribution in [0.4, 0.5) is 5.82 Å². The van der Waals surface area contributed by atoms with E-state index in [2.05, 4.69) is 10.4 Å². The minimum atomic E-state index is -0.576. The minimum absolute atomic E-state index is 0.0214. The van der Waals surface area contributed by atoms with Crippen molar-refractivity contribution in [1.82, 2.24) is 15.1 Å². The van der Waals surface area contributed by atoms with Gasteiger partial charge >= 0.3 is 5.82 Å². The second-order valence-corrected chi connectivity index (χ2v) is 4.50. The van der Waals surface area contributed by atoms with Gasteiger partial charge in [0.25, 0.3) is 0 Å². The van der Waals surface area contributed by atoms with Gasteiger partial charge in [-0.3, -0.25) is 4.79 Å². The van der Waals surface area contributed by atoms with Crippen LogP contribution in [0.1, 0.15) is 18.5 Å². The van der Waals surface area contributed by atoms with E-state index in [1.165, 1.54) is 10.7 Å². The van der Waals surface area contributed by atoms with Crippen molar-refractivity contribution in [3.63, 3.8) is 0 Å². The van der Waals surface area contributed by atoms with Gasteiger partial charge in [-0.25, -0.2) is 0 Å². The molecule has 0 aliphatic carbocycles. The maximum Gasteiger partial charge on any atom is 0.390 e. The maximum atomic E-state index is 11.7. The molecule has 1 fully saturated rings. The van der Waals surface area contributed by atoms with Crippen LogP contribution in [0, 0.1) is 17.0 Å². The lowest BCUT2D eigenvalue weighted by molar-refractivity contribution is -0.389. The van der Waals surface area contributed by atoms with E-state index in [0.29, 0.717) is 12.2 Å². The van der Waals surface area contributed by atoms with Crippen LogP contribution in [0.3, 0.4) is 0 Å². The summed E-state index contributed by atoms with van der Waals surface area (Å²) in [6, 6.07) is 1.34. The van der Waals surface area contributed by atoms with Crippen molar-refractivity contribution < 1.29 is 14.5 Å². The van der Waals surface area contributed by atoms with E-state index in [-0.39, 0.29) is 24.4 Å². The fraction of sp³-hybridized carbons (Fsp3) is 0.636. The first-order valence-corrected chi connectivity index (χ1v) is 6.13. The summed E-state index contributed by atoms with van der Waals surface area (Å²) in [5.74, 6) is -0.471. The summed E-state index contributed by atoms with van der Waals surface area (Å²) < 4.78 is 6.71. The number of aryl methyl sites for hydroxylation is 1. The van der Waals surface area contributed by atoms with Gasteiger partial charge in [-0.15, -0.1) is 0 Å². The number of aromatic nitrogens is 2. The predicted octanol–water partition coefficient (Wildman–Crippen LogP) is 0.395. The van der Waals surface area contributed by atoms with Gasteiger partial charge in [0.15, 0.2) is 0 Å². The van der Waals surface area contributed by atoms with E-state index in [0.717, 1.165) is 19.4 Å². The van der Waals surface area contributed by atoms with Crippen molar-refractivity contribution in [2.75, 3.05) is 13.2 Å². The summed E-state index contributed by atoms with van der Waals surface area (Å²) in [5, 5.41) is 17.1. The zero-order chi connectivity index (χ0) is 13.8. The molecule has 8 heteroatoms. The third kappa shape index (κ3) is 3.50. The van der Waals surface area contributed by atoms with Crippen LogP contribution in [0.15, 0.2) is 6.07 Å². The average molecular weight is 268 g/mol. The third-order valence-electron chi connectivity index (χ3n) is 3.00. The van der Waals surface area contributed by atoms with Gasteiger partial charge in [0.1, 0.15) is 6.54 Å². The van der Waals surface area contributed by atoms with Crippen LogP contribution >= 0.6 is 0 Å². The minimum Gasteiger partial charge on any atom is -0.376 e. The standard InChI is InChI=1S/C11H16N4O4/c1-8-5-10(15(17)18)13-14(8)7-11(16)12-6-9-3-2-4-19-9/h5,9H,2-4,6-7H2,1H3,(H,12,16)/t9-/m1/s1. The summed E-state index contributed by atoms with van der Waals surface area (Å²) >= 11 is 0. The Bertz CT molecular complexity index is 479. The first kappa shape index (κ1) is 13.5. The summed E-state index contributed by atoms with van der Waals surface area (Å²) in [6.45, 7) is 2.87. The Morgan fingerprint density at radius 3 is 3.11 bits per heavy atom. The van der Waals surface area contributed by atoms with Gasteiger partial charge in [0, 0.05) is 13.2 Å². The Morgan fingerprint density at radius 1 is 1.74 bits per heavy atom. The summed E-state index contributed by atoms with van der Waals surface area (Å²) in [6.07, 6.45) is 2.05. The highest BCUT2D eigenvalue weighted by atomic mass is 16.6. The molecule has 1 amide bonds. The molecule has 0 spiro atoms. The number of hydrogen-bond donors (Lipinski definition) is 1.